The summed E-state index contributed by atoms with van der Waals surface area (Å²) >= 11 is 0. The molecular weight excluding hydrogens is 218 g/mol. The van der Waals surface area contributed by atoms with Gasteiger partial charge in [0.05, 0.1) is 6.20 Å². The largest absolute Gasteiger partial charge is 0.369 e. The van der Waals surface area contributed by atoms with Crippen molar-refractivity contribution in [3.05, 3.63) is 31.0 Å². The number of anilines is 3. The van der Waals surface area contributed by atoms with Crippen molar-refractivity contribution in [1.29, 1.82) is 0 Å². The van der Waals surface area contributed by atoms with Crippen molar-refractivity contribution in [3.63, 3.8) is 0 Å². The zero-order chi connectivity index (χ0) is 11.9. The molecule has 7 heteroatoms. The molecule has 0 aliphatic rings. The van der Waals surface area contributed by atoms with Crippen molar-refractivity contribution in [3.8, 4) is 0 Å². The van der Waals surface area contributed by atoms with Crippen molar-refractivity contribution < 1.29 is 0 Å². The Morgan fingerprint density at radius 2 is 1.94 bits per heavy atom. The predicted octanol–water partition coefficient (Wildman–Crippen LogP) is 0.381. The molecule has 0 aliphatic carbocycles. The number of rotatable bonds is 5. The molecule has 17 heavy (non-hydrogen) atoms. The zero-order valence-electron chi connectivity index (χ0n) is 9.17. The van der Waals surface area contributed by atoms with Crippen LogP contribution in [0.1, 0.15) is 0 Å². The lowest BCUT2D eigenvalue weighted by Crippen LogP contribution is -2.14. The molecule has 2 aromatic rings. The first kappa shape index (κ1) is 11.2. The van der Waals surface area contributed by atoms with E-state index >= 15 is 0 Å². The van der Waals surface area contributed by atoms with Gasteiger partial charge in [0.1, 0.15) is 23.8 Å². The fraction of sp³-hybridized carbons (Fsp3) is 0.200. The lowest BCUT2D eigenvalue weighted by molar-refractivity contribution is 1.00. The van der Waals surface area contributed by atoms with E-state index in [4.69, 9.17) is 5.73 Å². The molecule has 0 spiro atoms. The monoisotopic (exact) mass is 231 g/mol. The van der Waals surface area contributed by atoms with Gasteiger partial charge in [-0.25, -0.2) is 15.0 Å². The van der Waals surface area contributed by atoms with Crippen LogP contribution >= 0.6 is 0 Å². The van der Waals surface area contributed by atoms with Crippen LogP contribution in [-0.2, 0) is 0 Å². The first-order chi connectivity index (χ1) is 8.38. The normalized spacial score (nSPS) is 9.94. The van der Waals surface area contributed by atoms with Crippen LogP contribution in [0.15, 0.2) is 31.0 Å². The van der Waals surface area contributed by atoms with Crippen LogP contribution in [0.4, 0.5) is 17.5 Å². The SMILES string of the molecule is NCCNc1cc(Nc2cnccn2)ncn1. The molecule has 0 aromatic carbocycles. The van der Waals surface area contributed by atoms with Crippen LogP contribution in [0.5, 0.6) is 0 Å². The maximum absolute atomic E-state index is 5.40. The highest BCUT2D eigenvalue weighted by Gasteiger charge is 1.99. The Labute approximate surface area is 98.5 Å². The van der Waals surface area contributed by atoms with Gasteiger partial charge >= 0.3 is 0 Å². The summed E-state index contributed by atoms with van der Waals surface area (Å²) in [5, 5.41) is 6.09. The molecular formula is C10H13N7. The molecule has 0 amide bonds. The summed E-state index contributed by atoms with van der Waals surface area (Å²) in [6.07, 6.45) is 6.31. The standard InChI is InChI=1S/C10H13N7/c11-1-2-13-8-5-9(16-7-15-8)17-10-6-12-3-4-14-10/h3-7H,1-2,11H2,(H2,13,14,15,16,17). The molecule has 2 aromatic heterocycles. The third kappa shape index (κ3) is 3.35. The average molecular weight is 231 g/mol. The predicted molar refractivity (Wildman–Crippen MR) is 64.9 cm³/mol. The first-order valence-corrected chi connectivity index (χ1v) is 5.17. The van der Waals surface area contributed by atoms with E-state index in [-0.39, 0.29) is 0 Å². The molecule has 0 saturated heterocycles. The average Bonchev–Trinajstić information content (AvgIpc) is 2.38. The summed E-state index contributed by atoms with van der Waals surface area (Å²) in [4.78, 5) is 16.2. The smallest absolute Gasteiger partial charge is 0.150 e. The lowest BCUT2D eigenvalue weighted by atomic mass is 10.5. The quantitative estimate of drug-likeness (QED) is 0.683. The molecule has 0 bridgehead atoms. The number of hydrogen-bond donors (Lipinski definition) is 3. The molecule has 4 N–H and O–H groups in total. The maximum atomic E-state index is 5.40. The van der Waals surface area contributed by atoms with Crippen LogP contribution in [0.25, 0.3) is 0 Å². The Balaban J connectivity index is 2.06. The van der Waals surface area contributed by atoms with E-state index in [9.17, 15) is 0 Å². The van der Waals surface area contributed by atoms with Crippen molar-refractivity contribution in [2.45, 2.75) is 0 Å². The van der Waals surface area contributed by atoms with Gasteiger partial charge in [-0.05, 0) is 0 Å². The number of aromatic nitrogens is 4. The summed E-state index contributed by atoms with van der Waals surface area (Å²) in [7, 11) is 0. The number of nitrogens with one attached hydrogen (secondary N) is 2. The van der Waals surface area contributed by atoms with Crippen LogP contribution in [0.3, 0.4) is 0 Å². The van der Waals surface area contributed by atoms with Crippen LogP contribution < -0.4 is 16.4 Å². The fourth-order valence-corrected chi connectivity index (χ4v) is 1.22. The van der Waals surface area contributed by atoms with E-state index in [1.54, 1.807) is 24.7 Å². The summed E-state index contributed by atoms with van der Waals surface area (Å²) < 4.78 is 0. The number of nitrogens with two attached hydrogens (primary N) is 1. The summed E-state index contributed by atoms with van der Waals surface area (Å²) in [6, 6.07) is 1.78. The number of hydrogen-bond acceptors (Lipinski definition) is 7. The van der Waals surface area contributed by atoms with Crippen LogP contribution in [-0.4, -0.2) is 33.0 Å². The summed E-state index contributed by atoms with van der Waals surface area (Å²) in [6.45, 7) is 1.22. The molecule has 0 unspecified atom stereocenters. The van der Waals surface area contributed by atoms with Crippen molar-refractivity contribution in [2.75, 3.05) is 23.7 Å². The molecule has 88 valence electrons. The van der Waals surface area contributed by atoms with E-state index in [1.165, 1.54) is 6.33 Å². The third-order valence-electron chi connectivity index (χ3n) is 1.94. The Morgan fingerprint density at radius 1 is 1.06 bits per heavy atom. The molecule has 7 nitrogen and oxygen atoms in total. The maximum Gasteiger partial charge on any atom is 0.150 e. The van der Waals surface area contributed by atoms with E-state index in [1.807, 2.05) is 0 Å². The van der Waals surface area contributed by atoms with Crippen molar-refractivity contribution in [2.24, 2.45) is 5.73 Å². The Morgan fingerprint density at radius 3 is 2.71 bits per heavy atom. The van der Waals surface area contributed by atoms with Gasteiger partial charge in [-0.1, -0.05) is 0 Å². The van der Waals surface area contributed by atoms with Gasteiger partial charge in [0.15, 0.2) is 0 Å². The minimum Gasteiger partial charge on any atom is -0.369 e. The zero-order valence-corrected chi connectivity index (χ0v) is 9.17. The van der Waals surface area contributed by atoms with E-state index in [2.05, 4.69) is 30.6 Å². The number of nitrogens with zero attached hydrogens (tertiary/aromatic N) is 4. The Hall–Kier alpha value is -2.28. The molecule has 0 fully saturated rings. The van der Waals surface area contributed by atoms with Gasteiger partial charge in [0, 0.05) is 31.5 Å². The van der Waals surface area contributed by atoms with E-state index < -0.39 is 0 Å². The summed E-state index contributed by atoms with van der Waals surface area (Å²) in [5.41, 5.74) is 5.40. The highest BCUT2D eigenvalue weighted by Crippen LogP contribution is 2.12. The summed E-state index contributed by atoms with van der Waals surface area (Å²) in [5.74, 6) is 2.01. The first-order valence-electron chi connectivity index (χ1n) is 5.17. The molecule has 0 radical (unpaired) electrons. The van der Waals surface area contributed by atoms with E-state index in [0.29, 0.717) is 24.7 Å². The molecule has 2 heterocycles. The van der Waals surface area contributed by atoms with Crippen molar-refractivity contribution >= 4 is 17.5 Å². The van der Waals surface area contributed by atoms with Crippen LogP contribution in [0.2, 0.25) is 0 Å². The molecule has 0 aliphatic heterocycles. The fourth-order valence-electron chi connectivity index (χ4n) is 1.22. The second-order valence-electron chi connectivity index (χ2n) is 3.22. The Bertz CT molecular complexity index is 459. The van der Waals surface area contributed by atoms with Gasteiger partial charge in [-0.2, -0.15) is 0 Å². The highest BCUT2D eigenvalue weighted by molar-refractivity contribution is 5.54. The molecule has 0 atom stereocenters. The van der Waals surface area contributed by atoms with Gasteiger partial charge in [-0.3, -0.25) is 4.98 Å². The second kappa shape index (κ2) is 5.71. The Kier molecular flexibility index (Phi) is 3.77. The molecule has 2 rings (SSSR count). The van der Waals surface area contributed by atoms with Gasteiger partial charge < -0.3 is 16.4 Å². The van der Waals surface area contributed by atoms with Gasteiger partial charge in [0.2, 0.25) is 0 Å². The second-order valence-corrected chi connectivity index (χ2v) is 3.22. The lowest BCUT2D eigenvalue weighted by Gasteiger charge is -2.06. The topological polar surface area (TPSA) is 102 Å². The van der Waals surface area contributed by atoms with Crippen LogP contribution in [0, 0.1) is 0 Å². The van der Waals surface area contributed by atoms with E-state index in [0.717, 1.165) is 5.82 Å². The minimum atomic E-state index is 0.553. The highest BCUT2D eigenvalue weighted by atomic mass is 15.1. The third-order valence-corrected chi connectivity index (χ3v) is 1.94. The van der Waals surface area contributed by atoms with Gasteiger partial charge in [0.25, 0.3) is 0 Å². The van der Waals surface area contributed by atoms with Crippen molar-refractivity contribution in [1.82, 2.24) is 19.9 Å². The molecule has 0 saturated carbocycles. The minimum absolute atomic E-state index is 0.553. The van der Waals surface area contributed by atoms with Gasteiger partial charge in [-0.15, -0.1) is 0 Å².